The predicted octanol–water partition coefficient (Wildman–Crippen LogP) is 2.34. The monoisotopic (exact) mass is 283 g/mol. The van der Waals surface area contributed by atoms with E-state index in [2.05, 4.69) is 51.9 Å². The third-order valence-electron chi connectivity index (χ3n) is 3.87. The average molecular weight is 283 g/mol. The van der Waals surface area contributed by atoms with Crippen molar-refractivity contribution in [3.05, 3.63) is 47.3 Å². The number of anilines is 1. The maximum absolute atomic E-state index is 4.61. The summed E-state index contributed by atoms with van der Waals surface area (Å²) in [6.07, 6.45) is 0. The van der Waals surface area contributed by atoms with Crippen LogP contribution >= 0.6 is 0 Å². The van der Waals surface area contributed by atoms with E-state index in [9.17, 15) is 0 Å². The molecule has 1 aromatic carbocycles. The van der Waals surface area contributed by atoms with Crippen molar-refractivity contribution in [1.82, 2.24) is 15.1 Å². The van der Waals surface area contributed by atoms with Crippen LogP contribution in [0, 0.1) is 6.92 Å². The van der Waals surface area contributed by atoms with Crippen LogP contribution in [0.2, 0.25) is 0 Å². The third-order valence-corrected chi connectivity index (χ3v) is 3.87. The van der Waals surface area contributed by atoms with E-state index in [1.54, 1.807) is 0 Å². The number of hydrogen-bond acceptors (Lipinski definition) is 3. The Morgan fingerprint density at radius 3 is 2.76 bits per heavy atom. The smallest absolute Gasteiger partial charge is 0.148 e. The van der Waals surface area contributed by atoms with Crippen molar-refractivity contribution < 1.29 is 0 Å². The van der Waals surface area contributed by atoms with Crippen LogP contribution in [0.5, 0.6) is 0 Å². The molecule has 1 aliphatic heterocycles. The zero-order chi connectivity index (χ0) is 14.8. The van der Waals surface area contributed by atoms with Crippen LogP contribution in [0.3, 0.4) is 0 Å². The molecule has 0 aliphatic carbocycles. The molecule has 0 bridgehead atoms. The highest BCUT2D eigenvalue weighted by Gasteiger charge is 2.26. The van der Waals surface area contributed by atoms with Gasteiger partial charge in [0.2, 0.25) is 0 Å². The van der Waals surface area contributed by atoms with Crippen LogP contribution in [-0.2, 0) is 6.54 Å². The summed E-state index contributed by atoms with van der Waals surface area (Å²) >= 11 is 0. The van der Waals surface area contributed by atoms with Crippen LogP contribution in [0.25, 0.3) is 0 Å². The van der Waals surface area contributed by atoms with Gasteiger partial charge >= 0.3 is 0 Å². The molecule has 5 nitrogen and oxygen atoms in total. The first kappa shape index (κ1) is 13.7. The number of amidine groups is 1. The Kier molecular flexibility index (Phi) is 3.64. The van der Waals surface area contributed by atoms with Gasteiger partial charge in [0.1, 0.15) is 11.5 Å². The van der Waals surface area contributed by atoms with Gasteiger partial charge < -0.3 is 10.6 Å². The standard InChI is InChI=1S/C16H21N5/c1-4-21-15-14(11(2)20-21)19-13(10-18-16(15)17-3)12-8-6-5-7-9-12/h5-9,13,19H,4,10H2,1-3H3,(H,17,18). The maximum Gasteiger partial charge on any atom is 0.148 e. The first-order valence-corrected chi connectivity index (χ1v) is 7.34. The number of rotatable bonds is 2. The lowest BCUT2D eigenvalue weighted by Gasteiger charge is -2.17. The van der Waals surface area contributed by atoms with E-state index in [1.165, 1.54) is 5.56 Å². The summed E-state index contributed by atoms with van der Waals surface area (Å²) in [7, 11) is 1.82. The Morgan fingerprint density at radius 2 is 2.10 bits per heavy atom. The molecule has 0 amide bonds. The van der Waals surface area contributed by atoms with Crippen LogP contribution in [0.1, 0.15) is 29.9 Å². The van der Waals surface area contributed by atoms with Gasteiger partial charge in [-0.2, -0.15) is 5.10 Å². The molecule has 5 heteroatoms. The van der Waals surface area contributed by atoms with Crippen LogP contribution in [-0.4, -0.2) is 29.2 Å². The Labute approximate surface area is 125 Å². The van der Waals surface area contributed by atoms with Gasteiger partial charge in [0.25, 0.3) is 0 Å². The molecule has 2 heterocycles. The quantitative estimate of drug-likeness (QED) is 0.889. The van der Waals surface area contributed by atoms with E-state index < -0.39 is 0 Å². The summed E-state index contributed by atoms with van der Waals surface area (Å²) in [6.45, 7) is 5.77. The summed E-state index contributed by atoms with van der Waals surface area (Å²) < 4.78 is 2.00. The number of nitrogens with zero attached hydrogens (tertiary/aromatic N) is 3. The molecular formula is C16H21N5. The number of fused-ring (bicyclic) bond motifs is 1. The first-order chi connectivity index (χ1) is 10.2. The fraction of sp³-hybridized carbons (Fsp3) is 0.375. The fourth-order valence-electron chi connectivity index (χ4n) is 2.80. The molecular weight excluding hydrogens is 262 g/mol. The van der Waals surface area contributed by atoms with Gasteiger partial charge in [-0.3, -0.25) is 9.67 Å². The lowest BCUT2D eigenvalue weighted by atomic mass is 10.1. The minimum atomic E-state index is 0.206. The maximum atomic E-state index is 4.61. The third kappa shape index (κ3) is 2.39. The average Bonchev–Trinajstić information content (AvgIpc) is 2.72. The van der Waals surface area contributed by atoms with Gasteiger partial charge in [-0.15, -0.1) is 0 Å². The fourth-order valence-corrected chi connectivity index (χ4v) is 2.80. The zero-order valence-electron chi connectivity index (χ0n) is 12.7. The van der Waals surface area contributed by atoms with Crippen LogP contribution < -0.4 is 10.6 Å². The Bertz CT molecular complexity index is 657. The normalized spacial score (nSPS) is 19.6. The van der Waals surface area contributed by atoms with E-state index in [0.717, 1.165) is 36.0 Å². The number of nitrogens with one attached hydrogen (secondary N) is 2. The second-order valence-electron chi connectivity index (χ2n) is 5.19. The Hall–Kier alpha value is -2.30. The summed E-state index contributed by atoms with van der Waals surface area (Å²) in [5.74, 6) is 0.901. The minimum absolute atomic E-state index is 0.206. The largest absolute Gasteiger partial charge is 0.373 e. The molecule has 3 rings (SSSR count). The van der Waals surface area contributed by atoms with Crippen molar-refractivity contribution in [3.8, 4) is 0 Å². The molecule has 2 N–H and O–H groups in total. The predicted molar refractivity (Wildman–Crippen MR) is 85.9 cm³/mol. The summed E-state index contributed by atoms with van der Waals surface area (Å²) in [5, 5.41) is 11.7. The lowest BCUT2D eigenvalue weighted by Crippen LogP contribution is -2.29. The number of benzene rings is 1. The molecule has 0 spiro atoms. The molecule has 0 fully saturated rings. The lowest BCUT2D eigenvalue weighted by molar-refractivity contribution is 0.644. The number of aromatic nitrogens is 2. The molecule has 1 atom stereocenters. The highest BCUT2D eigenvalue weighted by atomic mass is 15.3. The second-order valence-corrected chi connectivity index (χ2v) is 5.19. The van der Waals surface area contributed by atoms with Crippen molar-refractivity contribution in [2.45, 2.75) is 26.4 Å². The molecule has 1 aliphatic rings. The van der Waals surface area contributed by atoms with Crippen molar-refractivity contribution in [3.63, 3.8) is 0 Å². The van der Waals surface area contributed by atoms with Gasteiger partial charge in [0, 0.05) is 20.1 Å². The summed E-state index contributed by atoms with van der Waals surface area (Å²) in [4.78, 5) is 4.40. The van der Waals surface area contributed by atoms with Crippen molar-refractivity contribution in [2.75, 3.05) is 18.9 Å². The molecule has 2 aromatic rings. The van der Waals surface area contributed by atoms with Crippen molar-refractivity contribution in [2.24, 2.45) is 4.99 Å². The number of aliphatic imine (C=N–C) groups is 1. The molecule has 21 heavy (non-hydrogen) atoms. The summed E-state index contributed by atoms with van der Waals surface area (Å²) in [5.41, 5.74) is 4.40. The molecule has 110 valence electrons. The zero-order valence-corrected chi connectivity index (χ0v) is 12.7. The van der Waals surface area contributed by atoms with Gasteiger partial charge in [-0.25, -0.2) is 0 Å². The minimum Gasteiger partial charge on any atom is -0.373 e. The first-order valence-electron chi connectivity index (χ1n) is 7.34. The molecule has 0 radical (unpaired) electrons. The van der Waals surface area contributed by atoms with Gasteiger partial charge in [0.15, 0.2) is 0 Å². The van der Waals surface area contributed by atoms with Crippen LogP contribution in [0.15, 0.2) is 35.3 Å². The molecule has 1 aromatic heterocycles. The van der Waals surface area contributed by atoms with E-state index in [-0.39, 0.29) is 6.04 Å². The summed E-state index contributed by atoms with van der Waals surface area (Å²) in [6, 6.07) is 10.7. The van der Waals surface area contributed by atoms with E-state index in [0.29, 0.717) is 0 Å². The van der Waals surface area contributed by atoms with Crippen molar-refractivity contribution >= 4 is 11.5 Å². The van der Waals surface area contributed by atoms with Crippen molar-refractivity contribution in [1.29, 1.82) is 0 Å². The van der Waals surface area contributed by atoms with Crippen LogP contribution in [0.4, 0.5) is 5.69 Å². The van der Waals surface area contributed by atoms with E-state index >= 15 is 0 Å². The second kappa shape index (κ2) is 5.60. The Balaban J connectivity index is 2.05. The highest BCUT2D eigenvalue weighted by molar-refractivity contribution is 6.03. The number of aryl methyl sites for hydroxylation is 2. The SMILES string of the molecule is CCn1nc(C)c2c1C(=NC)NCC(c1ccccc1)N2. The molecule has 1 unspecified atom stereocenters. The van der Waals surface area contributed by atoms with Gasteiger partial charge in [-0.1, -0.05) is 30.3 Å². The number of hydrogen-bond donors (Lipinski definition) is 2. The molecule has 0 saturated carbocycles. The molecule has 0 saturated heterocycles. The van der Waals surface area contributed by atoms with E-state index in [1.807, 2.05) is 24.7 Å². The van der Waals surface area contributed by atoms with E-state index in [4.69, 9.17) is 0 Å². The highest BCUT2D eigenvalue weighted by Crippen LogP contribution is 2.28. The van der Waals surface area contributed by atoms with Gasteiger partial charge in [0.05, 0.1) is 17.4 Å². The topological polar surface area (TPSA) is 54.2 Å². The van der Waals surface area contributed by atoms with Gasteiger partial charge in [-0.05, 0) is 19.4 Å². The Morgan fingerprint density at radius 1 is 1.33 bits per heavy atom.